The Morgan fingerprint density at radius 3 is 1.46 bits per heavy atom. The van der Waals surface area contributed by atoms with Gasteiger partial charge in [-0.05, 0) is 187 Å². The molecule has 18 rings (SSSR count). The molecule has 0 saturated heterocycles. The minimum Gasteiger partial charge on any atom is -0.310 e. The molecule has 2 nitrogen and oxygen atoms in total. The van der Waals surface area contributed by atoms with Crippen LogP contribution in [0.4, 0.5) is 17.1 Å². The topological polar surface area (TPSA) is 8.17 Å². The lowest BCUT2D eigenvalue weighted by molar-refractivity contribution is 0.590. The summed E-state index contributed by atoms with van der Waals surface area (Å²) in [5.41, 5.74) is 26.7. The van der Waals surface area contributed by atoms with E-state index in [1.807, 2.05) is 11.3 Å². The monoisotopic (exact) mass is 1190 g/mol. The quantitative estimate of drug-likeness (QED) is 0.114. The van der Waals surface area contributed by atoms with Gasteiger partial charge in [-0.3, -0.25) is 0 Å². The largest absolute Gasteiger partial charge is 0.310 e. The van der Waals surface area contributed by atoms with Gasteiger partial charge in [0.15, 0.2) is 0 Å². The molecule has 0 fully saturated rings. The van der Waals surface area contributed by atoms with E-state index < -0.39 is 0 Å². The van der Waals surface area contributed by atoms with Crippen molar-refractivity contribution in [2.45, 2.75) is 52.4 Å². The molecule has 0 saturated carbocycles. The van der Waals surface area contributed by atoms with Crippen molar-refractivity contribution in [1.29, 1.82) is 0 Å². The van der Waals surface area contributed by atoms with Gasteiger partial charge >= 0.3 is 0 Å². The Hall–Kier alpha value is -10.5. The van der Waals surface area contributed by atoms with E-state index in [2.05, 4.69) is 336 Å². The summed E-state index contributed by atoms with van der Waals surface area (Å²) >= 11 is 1.99. The minimum atomic E-state index is -0.125. The van der Waals surface area contributed by atoms with Crippen LogP contribution in [0.2, 0.25) is 0 Å². The maximum atomic E-state index is 2.72. The van der Waals surface area contributed by atoms with E-state index >= 15 is 0 Å². The van der Waals surface area contributed by atoms with Gasteiger partial charge in [-0.15, -0.1) is 11.3 Å². The lowest BCUT2D eigenvalue weighted by Gasteiger charge is -2.40. The van der Waals surface area contributed by atoms with E-state index in [4.69, 9.17) is 0 Å². The fourth-order valence-corrected chi connectivity index (χ4v) is 17.0. The highest BCUT2D eigenvalue weighted by Crippen LogP contribution is 2.53. The van der Waals surface area contributed by atoms with Crippen molar-refractivity contribution >= 4 is 115 Å². The number of nitrogens with zero attached hydrogens (tertiary/aromatic N) is 2. The predicted molar refractivity (Wildman–Crippen MR) is 398 cm³/mol. The molecule has 0 aliphatic carbocycles. The second-order valence-corrected chi connectivity index (χ2v) is 28.6. The Balaban J connectivity index is 1.06. The van der Waals surface area contributed by atoms with Crippen molar-refractivity contribution in [3.63, 3.8) is 0 Å². The highest BCUT2D eigenvalue weighted by molar-refractivity contribution is 7.33. The summed E-state index contributed by atoms with van der Waals surface area (Å²) < 4.78 is 5.38. The van der Waals surface area contributed by atoms with Gasteiger partial charge in [0, 0.05) is 48.1 Å². The minimum absolute atomic E-state index is 0.0353. The Kier molecular flexibility index (Phi) is 12.1. The molecule has 14 aromatic carbocycles. The second kappa shape index (κ2) is 20.5. The lowest BCUT2D eigenvalue weighted by Crippen LogP contribution is -2.59. The number of thiophene rings is 1. The first-order valence-electron chi connectivity index (χ1n) is 32.4. The van der Waals surface area contributed by atoms with Crippen LogP contribution < -0.4 is 20.6 Å². The van der Waals surface area contributed by atoms with Crippen molar-refractivity contribution in [2.75, 3.05) is 4.90 Å². The molecular weight excluding hydrogens is 1130 g/mol. The third kappa shape index (κ3) is 8.33. The molecule has 92 heavy (non-hydrogen) atoms. The van der Waals surface area contributed by atoms with Crippen molar-refractivity contribution < 1.29 is 0 Å². The molecule has 2 aliphatic heterocycles. The van der Waals surface area contributed by atoms with Crippen LogP contribution >= 0.6 is 11.3 Å². The highest BCUT2D eigenvalue weighted by Gasteiger charge is 2.46. The molecule has 0 radical (unpaired) electrons. The van der Waals surface area contributed by atoms with E-state index in [-0.39, 0.29) is 17.5 Å². The van der Waals surface area contributed by atoms with Gasteiger partial charge in [-0.1, -0.05) is 266 Å². The maximum absolute atomic E-state index is 2.72. The molecule has 0 N–H and O–H groups in total. The highest BCUT2D eigenvalue weighted by atomic mass is 32.1. The van der Waals surface area contributed by atoms with Gasteiger partial charge in [0.05, 0.1) is 16.7 Å². The zero-order valence-corrected chi connectivity index (χ0v) is 53.3. The summed E-state index contributed by atoms with van der Waals surface area (Å²) in [6, 6.07) is 108. The molecule has 0 amide bonds. The van der Waals surface area contributed by atoms with Gasteiger partial charge in [-0.25, -0.2) is 0 Å². The van der Waals surface area contributed by atoms with Crippen LogP contribution in [-0.2, 0) is 10.8 Å². The van der Waals surface area contributed by atoms with Gasteiger partial charge in [0.2, 0.25) is 0 Å². The number of hydrogen-bond donors (Lipinski definition) is 0. The van der Waals surface area contributed by atoms with Crippen LogP contribution in [0.1, 0.15) is 52.7 Å². The third-order valence-corrected chi connectivity index (χ3v) is 21.3. The molecule has 2 aliphatic rings. The fourth-order valence-electron chi connectivity index (χ4n) is 15.7. The van der Waals surface area contributed by atoms with E-state index in [1.165, 1.54) is 169 Å². The first-order valence-corrected chi connectivity index (χ1v) is 33.2. The van der Waals surface area contributed by atoms with E-state index in [0.29, 0.717) is 0 Å². The Labute approximate surface area is 542 Å². The Bertz CT molecular complexity index is 5630. The summed E-state index contributed by atoms with van der Waals surface area (Å²) in [6.07, 6.45) is 0. The average molecular weight is 1190 g/mol. The van der Waals surface area contributed by atoms with Crippen LogP contribution in [-0.4, -0.2) is 11.3 Å². The Morgan fingerprint density at radius 1 is 0.337 bits per heavy atom. The molecular formula is C88H65BN2S. The molecule has 0 spiro atoms. The normalized spacial score (nSPS) is 12.8. The van der Waals surface area contributed by atoms with Crippen LogP contribution in [0.15, 0.2) is 285 Å². The van der Waals surface area contributed by atoms with Gasteiger partial charge < -0.3 is 9.47 Å². The summed E-state index contributed by atoms with van der Waals surface area (Å²) in [4.78, 5) is 2.69. The summed E-state index contributed by atoms with van der Waals surface area (Å²) in [5, 5.41) is 11.5. The van der Waals surface area contributed by atoms with Gasteiger partial charge in [0.25, 0.3) is 6.71 Å². The number of benzene rings is 14. The van der Waals surface area contributed by atoms with Crippen molar-refractivity contribution in [1.82, 2.24) is 4.57 Å². The van der Waals surface area contributed by atoms with E-state index in [1.54, 1.807) is 0 Å². The standard InChI is InChI=1S/C88H65BN2S/c1-87(2,3)61-40-43-63(44-41-61)90-77-50-60(80-70(56-29-15-9-16-30-56)48-59(54-25-11-7-12-26-54)49-71(80)57-31-17-10-18-32-57)51-78-83(77)89(86-84(90)74-52-62(88(4,5)6)42-46-79(74)92-86)75-53-72-68-37-22-21-35-66(68)67-36-23-24-38-69(67)81(72)82-73-47-58(39-45-76(73)91(78)85(75)82)65-34-20-19-33-64(65)55-27-13-8-14-28-55/h7-53H,1-6H3. The van der Waals surface area contributed by atoms with Gasteiger partial charge in [0.1, 0.15) is 0 Å². The third-order valence-electron chi connectivity index (χ3n) is 20.0. The van der Waals surface area contributed by atoms with Gasteiger partial charge in [-0.2, -0.15) is 0 Å². The summed E-state index contributed by atoms with van der Waals surface area (Å²) in [5.74, 6) is 0. The molecule has 0 atom stereocenters. The Morgan fingerprint density at radius 2 is 0.848 bits per heavy atom. The van der Waals surface area contributed by atoms with Crippen LogP contribution in [0, 0.1) is 0 Å². The smallest absolute Gasteiger partial charge is 0.264 e. The van der Waals surface area contributed by atoms with Crippen molar-refractivity contribution in [2.24, 2.45) is 0 Å². The molecule has 16 aromatic rings. The molecule has 2 aromatic heterocycles. The number of hydrogen-bond acceptors (Lipinski definition) is 2. The lowest BCUT2D eigenvalue weighted by atomic mass is 9.36. The number of anilines is 3. The van der Waals surface area contributed by atoms with Crippen LogP contribution in [0.3, 0.4) is 0 Å². The molecule has 4 heterocycles. The first-order chi connectivity index (χ1) is 44.9. The number of aromatic nitrogens is 1. The zero-order valence-electron chi connectivity index (χ0n) is 52.5. The SMILES string of the molecule is CC(C)(C)c1ccc(N2c3cc(-c4c(-c5ccccc5)cc(-c5ccccc5)cc4-c4ccccc4)cc4c3B(c3sc5ccc(C(C)(C)C)cc5c32)c2cc3c5ccccc5c5ccccc5c3c3c5cc(-c6ccccc6-c6ccccc6)ccc5n-4c23)cc1. The fraction of sp³-hybridized carbons (Fsp3) is 0.0909. The molecule has 4 heteroatoms. The van der Waals surface area contributed by atoms with E-state index in [0.717, 1.165) is 11.3 Å². The first kappa shape index (κ1) is 54.4. The zero-order chi connectivity index (χ0) is 61.7. The summed E-state index contributed by atoms with van der Waals surface area (Å²) in [6.45, 7) is 13.9. The average Bonchev–Trinajstić information content (AvgIpc) is 1.43. The molecule has 436 valence electrons. The second-order valence-electron chi connectivity index (χ2n) is 27.5. The van der Waals surface area contributed by atoms with Crippen molar-refractivity contribution in [3.8, 4) is 72.4 Å². The van der Waals surface area contributed by atoms with Crippen molar-refractivity contribution in [3.05, 3.63) is 296 Å². The molecule has 0 unspecified atom stereocenters. The van der Waals surface area contributed by atoms with Crippen LogP contribution in [0.5, 0.6) is 0 Å². The van der Waals surface area contributed by atoms with Crippen LogP contribution in [0.25, 0.3) is 137 Å². The van der Waals surface area contributed by atoms with E-state index in [9.17, 15) is 0 Å². The summed E-state index contributed by atoms with van der Waals surface area (Å²) in [7, 11) is 0. The maximum Gasteiger partial charge on any atom is 0.264 e. The predicted octanol–water partition coefficient (Wildman–Crippen LogP) is 22.7. The molecule has 0 bridgehead atoms. The number of fused-ring (bicyclic) bond motifs is 16. The number of rotatable bonds is 7.